The Hall–Kier alpha value is -2.67. The Morgan fingerprint density at radius 3 is 3.12 bits per heavy atom. The highest BCUT2D eigenvalue weighted by atomic mass is 32.1. The fourth-order valence-electron chi connectivity index (χ4n) is 3.01. The van der Waals surface area contributed by atoms with Gasteiger partial charge in [-0.25, -0.2) is 9.78 Å². The molecule has 0 bridgehead atoms. The van der Waals surface area contributed by atoms with Crippen LogP contribution in [-0.2, 0) is 11.3 Å². The first-order chi connectivity index (χ1) is 12.8. The van der Waals surface area contributed by atoms with Gasteiger partial charge in [0.05, 0.1) is 29.5 Å². The van der Waals surface area contributed by atoms with E-state index in [4.69, 9.17) is 9.47 Å². The number of hydrogen-bond donors (Lipinski definition) is 0. The van der Waals surface area contributed by atoms with Gasteiger partial charge in [-0.2, -0.15) is 0 Å². The first kappa shape index (κ1) is 16.8. The Morgan fingerprint density at radius 1 is 1.31 bits per heavy atom. The Kier molecular flexibility index (Phi) is 4.97. The van der Waals surface area contributed by atoms with Crippen molar-refractivity contribution in [3.8, 4) is 5.75 Å². The van der Waals surface area contributed by atoms with Gasteiger partial charge >= 0.3 is 6.09 Å². The molecule has 0 saturated carbocycles. The van der Waals surface area contributed by atoms with Gasteiger partial charge in [-0.05, 0) is 18.6 Å². The van der Waals surface area contributed by atoms with Crippen LogP contribution < -0.4 is 4.74 Å². The van der Waals surface area contributed by atoms with E-state index in [2.05, 4.69) is 9.97 Å². The average molecular weight is 369 g/mol. The molecule has 26 heavy (non-hydrogen) atoms. The van der Waals surface area contributed by atoms with Crippen LogP contribution in [0.25, 0.3) is 10.9 Å². The lowest BCUT2D eigenvalue weighted by atomic mass is 10.1. The minimum Gasteiger partial charge on any atom is -0.492 e. The standard InChI is InChI=1S/C19H19N3O3S/c23-19(25-11-16-12-26-13-21-16)22-6-5-14(9-22)10-24-17-7-15-3-1-2-4-18(15)20-8-17/h1-4,7-8,12-14H,5-6,9-11H2. The third kappa shape index (κ3) is 3.94. The summed E-state index contributed by atoms with van der Waals surface area (Å²) in [4.78, 5) is 22.4. The molecule has 1 fully saturated rings. The summed E-state index contributed by atoms with van der Waals surface area (Å²) in [7, 11) is 0. The quantitative estimate of drug-likeness (QED) is 0.686. The lowest BCUT2D eigenvalue weighted by Crippen LogP contribution is -2.30. The van der Waals surface area contributed by atoms with Crippen molar-refractivity contribution in [3.63, 3.8) is 0 Å². The summed E-state index contributed by atoms with van der Waals surface area (Å²) in [6.07, 6.45) is 2.37. The number of amides is 1. The van der Waals surface area contributed by atoms with E-state index in [-0.39, 0.29) is 12.7 Å². The fraction of sp³-hybridized carbons (Fsp3) is 0.316. The van der Waals surface area contributed by atoms with Crippen molar-refractivity contribution in [3.05, 3.63) is 53.1 Å². The van der Waals surface area contributed by atoms with Crippen LogP contribution in [0.5, 0.6) is 5.75 Å². The molecule has 1 saturated heterocycles. The molecule has 6 nitrogen and oxygen atoms in total. The molecule has 0 radical (unpaired) electrons. The van der Waals surface area contributed by atoms with Crippen molar-refractivity contribution in [2.45, 2.75) is 13.0 Å². The Bertz CT molecular complexity index is 885. The predicted molar refractivity (Wildman–Crippen MR) is 99.2 cm³/mol. The normalized spacial score (nSPS) is 16.8. The lowest BCUT2D eigenvalue weighted by molar-refractivity contribution is 0.101. The molecule has 1 aliphatic heterocycles. The number of para-hydroxylation sites is 1. The number of carbonyl (C=O) groups excluding carboxylic acids is 1. The second-order valence-electron chi connectivity index (χ2n) is 6.31. The monoisotopic (exact) mass is 369 g/mol. The van der Waals surface area contributed by atoms with Crippen LogP contribution in [0.15, 0.2) is 47.4 Å². The summed E-state index contributed by atoms with van der Waals surface area (Å²) in [5, 5.41) is 2.94. The first-order valence-corrected chi connectivity index (χ1v) is 9.48. The topological polar surface area (TPSA) is 64.5 Å². The zero-order chi connectivity index (χ0) is 17.8. The minimum absolute atomic E-state index is 0.225. The van der Waals surface area contributed by atoms with Crippen LogP contribution in [0.2, 0.25) is 0 Å². The van der Waals surface area contributed by atoms with Crippen LogP contribution in [0.1, 0.15) is 12.1 Å². The van der Waals surface area contributed by atoms with Crippen LogP contribution >= 0.6 is 11.3 Å². The number of hydrogen-bond acceptors (Lipinski definition) is 6. The number of aromatic nitrogens is 2. The molecule has 1 aromatic carbocycles. The van der Waals surface area contributed by atoms with Gasteiger partial charge in [0.15, 0.2) is 0 Å². The molecule has 1 unspecified atom stereocenters. The number of fused-ring (bicyclic) bond motifs is 1. The molecule has 1 atom stereocenters. The largest absolute Gasteiger partial charge is 0.492 e. The van der Waals surface area contributed by atoms with Crippen molar-refractivity contribution in [2.24, 2.45) is 5.92 Å². The van der Waals surface area contributed by atoms with E-state index >= 15 is 0 Å². The molecule has 3 aromatic rings. The van der Waals surface area contributed by atoms with Gasteiger partial charge in [0, 0.05) is 29.8 Å². The van der Waals surface area contributed by atoms with Gasteiger partial charge in [-0.3, -0.25) is 4.98 Å². The summed E-state index contributed by atoms with van der Waals surface area (Å²) in [5.41, 5.74) is 3.47. The summed E-state index contributed by atoms with van der Waals surface area (Å²) in [5.74, 6) is 1.06. The van der Waals surface area contributed by atoms with Crippen LogP contribution in [0.3, 0.4) is 0 Å². The summed E-state index contributed by atoms with van der Waals surface area (Å²) < 4.78 is 11.2. The number of nitrogens with zero attached hydrogens (tertiary/aromatic N) is 3. The van der Waals surface area contributed by atoms with Crippen molar-refractivity contribution in [2.75, 3.05) is 19.7 Å². The van der Waals surface area contributed by atoms with Gasteiger partial charge in [-0.1, -0.05) is 18.2 Å². The second-order valence-corrected chi connectivity index (χ2v) is 7.03. The molecule has 0 N–H and O–H groups in total. The molecule has 4 rings (SSSR count). The van der Waals surface area contributed by atoms with E-state index in [1.165, 1.54) is 11.3 Å². The average Bonchev–Trinajstić information content (AvgIpc) is 3.36. The van der Waals surface area contributed by atoms with E-state index in [0.29, 0.717) is 25.6 Å². The molecular formula is C19H19N3O3S. The zero-order valence-electron chi connectivity index (χ0n) is 14.2. The minimum atomic E-state index is -0.284. The molecule has 2 aromatic heterocycles. The number of ether oxygens (including phenoxy) is 2. The van der Waals surface area contributed by atoms with E-state index in [1.54, 1.807) is 16.6 Å². The molecule has 1 amide bonds. The van der Waals surface area contributed by atoms with Crippen molar-refractivity contribution in [1.29, 1.82) is 0 Å². The van der Waals surface area contributed by atoms with Gasteiger partial charge in [0.1, 0.15) is 12.4 Å². The molecular weight excluding hydrogens is 350 g/mol. The Morgan fingerprint density at radius 2 is 2.23 bits per heavy atom. The van der Waals surface area contributed by atoms with Crippen LogP contribution in [0, 0.1) is 5.92 Å². The highest BCUT2D eigenvalue weighted by Crippen LogP contribution is 2.22. The molecule has 0 spiro atoms. The molecule has 3 heterocycles. The second kappa shape index (κ2) is 7.70. The Balaban J connectivity index is 1.26. The maximum atomic E-state index is 12.1. The highest BCUT2D eigenvalue weighted by molar-refractivity contribution is 7.07. The van der Waals surface area contributed by atoms with Crippen molar-refractivity contribution >= 4 is 28.3 Å². The van der Waals surface area contributed by atoms with Crippen molar-refractivity contribution in [1.82, 2.24) is 14.9 Å². The number of likely N-dealkylation sites (tertiary alicyclic amines) is 1. The third-order valence-corrected chi connectivity index (χ3v) is 5.06. The molecule has 134 valence electrons. The molecule has 1 aliphatic rings. The summed E-state index contributed by atoms with van der Waals surface area (Å²) in [6, 6.07) is 9.95. The number of rotatable bonds is 5. The Labute approximate surface area is 155 Å². The van der Waals surface area contributed by atoms with Gasteiger partial charge < -0.3 is 14.4 Å². The molecule has 7 heteroatoms. The van der Waals surface area contributed by atoms with E-state index in [9.17, 15) is 4.79 Å². The van der Waals surface area contributed by atoms with Crippen LogP contribution in [0.4, 0.5) is 4.79 Å². The smallest absolute Gasteiger partial charge is 0.410 e. The third-order valence-electron chi connectivity index (χ3n) is 4.42. The van der Waals surface area contributed by atoms with Gasteiger partial charge in [0.2, 0.25) is 0 Å². The fourth-order valence-corrected chi connectivity index (χ4v) is 3.56. The van der Waals surface area contributed by atoms with Crippen LogP contribution in [-0.4, -0.2) is 40.7 Å². The maximum Gasteiger partial charge on any atom is 0.410 e. The number of carbonyl (C=O) groups is 1. The van der Waals surface area contributed by atoms with Gasteiger partial charge in [0.25, 0.3) is 0 Å². The van der Waals surface area contributed by atoms with Gasteiger partial charge in [-0.15, -0.1) is 11.3 Å². The van der Waals surface area contributed by atoms with E-state index in [1.807, 2.05) is 35.7 Å². The summed E-state index contributed by atoms with van der Waals surface area (Å²) in [6.45, 7) is 2.13. The number of benzene rings is 1. The number of pyridine rings is 1. The zero-order valence-corrected chi connectivity index (χ0v) is 15.0. The summed E-state index contributed by atoms with van der Waals surface area (Å²) >= 11 is 1.49. The first-order valence-electron chi connectivity index (χ1n) is 8.54. The SMILES string of the molecule is O=C(OCc1cscn1)N1CCC(COc2cnc3ccccc3c2)C1. The van der Waals surface area contributed by atoms with E-state index in [0.717, 1.165) is 28.8 Å². The maximum absolute atomic E-state index is 12.1. The molecule has 0 aliphatic carbocycles. The van der Waals surface area contributed by atoms with Crippen molar-refractivity contribution < 1.29 is 14.3 Å². The van der Waals surface area contributed by atoms with E-state index < -0.39 is 0 Å². The number of thiazole rings is 1. The highest BCUT2D eigenvalue weighted by Gasteiger charge is 2.27. The predicted octanol–water partition coefficient (Wildman–Crippen LogP) is 3.73. The lowest BCUT2D eigenvalue weighted by Gasteiger charge is -2.16.